The molecule has 3 N–H and O–H groups in total. The molecule has 0 aliphatic heterocycles. The average Bonchev–Trinajstić information content (AvgIpc) is 3.18. The van der Waals surface area contributed by atoms with Crippen molar-refractivity contribution in [3.05, 3.63) is 55.8 Å². The normalized spacial score (nSPS) is 12.2. The fourth-order valence-electron chi connectivity index (χ4n) is 2.81. The van der Waals surface area contributed by atoms with Crippen molar-refractivity contribution in [1.82, 2.24) is 20.3 Å². The number of aryl methyl sites for hydroxylation is 2. The number of hydrogen-bond acceptors (Lipinski definition) is 5. The molecule has 3 rings (SSSR count). The Morgan fingerprint density at radius 1 is 1.37 bits per heavy atom. The lowest BCUT2D eigenvalue weighted by molar-refractivity contribution is 0.0942. The number of halogens is 2. The molecule has 142 valence electrons. The zero-order chi connectivity index (χ0) is 19.6. The van der Waals surface area contributed by atoms with E-state index in [1.165, 1.54) is 21.6 Å². The van der Waals surface area contributed by atoms with E-state index in [1.54, 1.807) is 13.1 Å². The predicted molar refractivity (Wildman–Crippen MR) is 110 cm³/mol. The van der Waals surface area contributed by atoms with Gasteiger partial charge < -0.3 is 11.1 Å². The molecule has 2 heterocycles. The highest BCUT2D eigenvalue weighted by atomic mass is 35.5. The summed E-state index contributed by atoms with van der Waals surface area (Å²) in [7, 11) is 1.72. The van der Waals surface area contributed by atoms with Crippen molar-refractivity contribution in [3.63, 3.8) is 0 Å². The molecule has 27 heavy (non-hydrogen) atoms. The zero-order valence-corrected chi connectivity index (χ0v) is 17.2. The van der Waals surface area contributed by atoms with Crippen molar-refractivity contribution in [2.45, 2.75) is 19.4 Å². The fraction of sp³-hybridized carbons (Fsp3) is 0.278. The summed E-state index contributed by atoms with van der Waals surface area (Å²) in [6.07, 6.45) is 0.665. The van der Waals surface area contributed by atoms with Gasteiger partial charge in [-0.3, -0.25) is 4.79 Å². The molecule has 0 aliphatic carbocycles. The second-order valence-electron chi connectivity index (χ2n) is 6.19. The van der Waals surface area contributed by atoms with Crippen molar-refractivity contribution in [3.8, 4) is 11.3 Å². The quantitative estimate of drug-likeness (QED) is 0.635. The topological polar surface area (TPSA) is 85.8 Å². The van der Waals surface area contributed by atoms with Gasteiger partial charge in [-0.2, -0.15) is 0 Å². The summed E-state index contributed by atoms with van der Waals surface area (Å²) in [5.74, 6) is -0.219. The number of nitrogens with two attached hydrogens (primary N) is 1. The van der Waals surface area contributed by atoms with Crippen molar-refractivity contribution in [1.29, 1.82) is 0 Å². The fourth-order valence-corrected chi connectivity index (χ4v) is 4.25. The third-order valence-electron chi connectivity index (χ3n) is 4.30. The minimum atomic E-state index is -0.219. The van der Waals surface area contributed by atoms with Gasteiger partial charge in [0, 0.05) is 25.2 Å². The molecule has 0 bridgehead atoms. The first-order valence-electron chi connectivity index (χ1n) is 8.31. The first-order chi connectivity index (χ1) is 12.9. The van der Waals surface area contributed by atoms with Crippen LogP contribution >= 0.6 is 34.5 Å². The molecule has 0 radical (unpaired) electrons. The van der Waals surface area contributed by atoms with Crippen LogP contribution in [0.2, 0.25) is 9.49 Å². The molecule has 0 saturated heterocycles. The number of aromatic nitrogens is 3. The zero-order valence-electron chi connectivity index (χ0n) is 14.9. The molecular formula is C18H19Cl2N5OS. The molecular weight excluding hydrogens is 405 g/mol. The highest BCUT2D eigenvalue weighted by Gasteiger charge is 2.21. The SMILES string of the molecule is Cc1ccccc1C[C@@H](CN)NC(=O)c1cc(-c2c(Cl)nnn2C)c(Cl)s1. The van der Waals surface area contributed by atoms with Gasteiger partial charge in [0.05, 0.1) is 4.88 Å². The Labute approximate surface area is 171 Å². The lowest BCUT2D eigenvalue weighted by Crippen LogP contribution is -2.41. The number of nitrogens with zero attached hydrogens (tertiary/aromatic N) is 3. The summed E-state index contributed by atoms with van der Waals surface area (Å²) in [6.45, 7) is 2.38. The lowest BCUT2D eigenvalue weighted by Gasteiger charge is -2.17. The minimum absolute atomic E-state index is 0.176. The van der Waals surface area contributed by atoms with E-state index in [0.717, 1.165) is 5.56 Å². The Kier molecular flexibility index (Phi) is 6.16. The first-order valence-corrected chi connectivity index (χ1v) is 9.88. The summed E-state index contributed by atoms with van der Waals surface area (Å²) in [6, 6.07) is 9.58. The van der Waals surface area contributed by atoms with Crippen LogP contribution < -0.4 is 11.1 Å². The molecule has 0 saturated carbocycles. The highest BCUT2D eigenvalue weighted by Crippen LogP contribution is 2.37. The third kappa shape index (κ3) is 4.32. The minimum Gasteiger partial charge on any atom is -0.347 e. The van der Waals surface area contributed by atoms with E-state index in [1.807, 2.05) is 31.2 Å². The summed E-state index contributed by atoms with van der Waals surface area (Å²) in [4.78, 5) is 13.2. The smallest absolute Gasteiger partial charge is 0.261 e. The van der Waals surface area contributed by atoms with Crippen molar-refractivity contribution < 1.29 is 4.79 Å². The standard InChI is InChI=1S/C18H19Cl2N5OS/c1-10-5-3-4-6-11(10)7-12(9-21)22-18(26)14-8-13(17(20)27-14)15-16(19)23-24-25(15)2/h3-6,8,12H,7,9,21H2,1-2H3,(H,22,26)/t12-/m0/s1. The van der Waals surface area contributed by atoms with Crippen molar-refractivity contribution >= 4 is 40.4 Å². The van der Waals surface area contributed by atoms with Gasteiger partial charge in [0.2, 0.25) is 0 Å². The maximum atomic E-state index is 12.7. The Morgan fingerprint density at radius 3 is 2.74 bits per heavy atom. The monoisotopic (exact) mass is 423 g/mol. The van der Waals surface area contributed by atoms with Gasteiger partial charge in [0.1, 0.15) is 10.0 Å². The van der Waals surface area contributed by atoms with Gasteiger partial charge in [-0.05, 0) is 30.5 Å². The molecule has 0 aliphatic rings. The number of amides is 1. The molecule has 1 amide bonds. The number of carbonyl (C=O) groups is 1. The summed E-state index contributed by atoms with van der Waals surface area (Å²) < 4.78 is 1.98. The molecule has 0 spiro atoms. The molecule has 3 aromatic rings. The van der Waals surface area contributed by atoms with Crippen molar-refractivity contribution in [2.24, 2.45) is 12.8 Å². The maximum absolute atomic E-state index is 12.7. The Hall–Kier alpha value is -1.93. The average molecular weight is 424 g/mol. The lowest BCUT2D eigenvalue weighted by atomic mass is 10.0. The van der Waals surface area contributed by atoms with E-state index in [0.29, 0.717) is 33.4 Å². The van der Waals surface area contributed by atoms with Crippen LogP contribution in [-0.2, 0) is 13.5 Å². The van der Waals surface area contributed by atoms with E-state index in [-0.39, 0.29) is 17.1 Å². The highest BCUT2D eigenvalue weighted by molar-refractivity contribution is 7.18. The van der Waals surface area contributed by atoms with E-state index in [2.05, 4.69) is 15.6 Å². The van der Waals surface area contributed by atoms with Gasteiger partial charge in [-0.25, -0.2) is 4.68 Å². The summed E-state index contributed by atoms with van der Waals surface area (Å²) in [5.41, 5.74) is 9.41. The second-order valence-corrected chi connectivity index (χ2v) is 8.20. The Bertz CT molecular complexity index is 949. The van der Waals surface area contributed by atoms with Crippen LogP contribution in [0.1, 0.15) is 20.8 Å². The molecule has 1 atom stereocenters. The van der Waals surface area contributed by atoms with Gasteiger partial charge in [0.25, 0.3) is 5.91 Å². The molecule has 9 heteroatoms. The van der Waals surface area contributed by atoms with E-state index in [9.17, 15) is 4.79 Å². The molecule has 1 aromatic carbocycles. The van der Waals surface area contributed by atoms with Crippen LogP contribution in [0.25, 0.3) is 11.3 Å². The van der Waals surface area contributed by atoms with E-state index in [4.69, 9.17) is 28.9 Å². The van der Waals surface area contributed by atoms with E-state index >= 15 is 0 Å². The van der Waals surface area contributed by atoms with Gasteiger partial charge in [0.15, 0.2) is 5.15 Å². The van der Waals surface area contributed by atoms with Crippen molar-refractivity contribution in [2.75, 3.05) is 6.54 Å². The Balaban J connectivity index is 1.78. The first kappa shape index (κ1) is 19.8. The van der Waals surface area contributed by atoms with Crippen LogP contribution in [0, 0.1) is 6.92 Å². The van der Waals surface area contributed by atoms with Crippen LogP contribution in [0.15, 0.2) is 30.3 Å². The molecule has 6 nitrogen and oxygen atoms in total. The number of thiophene rings is 1. The van der Waals surface area contributed by atoms with E-state index < -0.39 is 0 Å². The molecule has 2 aromatic heterocycles. The second kappa shape index (κ2) is 8.39. The van der Waals surface area contributed by atoms with Gasteiger partial charge >= 0.3 is 0 Å². The van der Waals surface area contributed by atoms with Crippen LogP contribution in [0.5, 0.6) is 0 Å². The number of benzene rings is 1. The van der Waals surface area contributed by atoms with Crippen LogP contribution in [-0.4, -0.2) is 33.5 Å². The van der Waals surface area contributed by atoms with Crippen LogP contribution in [0.4, 0.5) is 0 Å². The number of rotatable bonds is 6. The molecule has 0 unspecified atom stereocenters. The van der Waals surface area contributed by atoms with Crippen LogP contribution in [0.3, 0.4) is 0 Å². The Morgan fingerprint density at radius 2 is 2.11 bits per heavy atom. The predicted octanol–water partition coefficient (Wildman–Crippen LogP) is 3.46. The summed E-state index contributed by atoms with van der Waals surface area (Å²) >= 11 is 13.6. The number of hydrogen-bond donors (Lipinski definition) is 2. The van der Waals surface area contributed by atoms with Gasteiger partial charge in [-0.1, -0.05) is 52.7 Å². The maximum Gasteiger partial charge on any atom is 0.261 e. The summed E-state index contributed by atoms with van der Waals surface area (Å²) in [5, 5.41) is 10.9. The number of carbonyl (C=O) groups excluding carboxylic acids is 1. The third-order valence-corrected chi connectivity index (χ3v) is 5.91. The largest absolute Gasteiger partial charge is 0.347 e. The van der Waals surface area contributed by atoms with Gasteiger partial charge in [-0.15, -0.1) is 16.4 Å². The molecule has 0 fully saturated rings. The number of nitrogens with one attached hydrogen (secondary N) is 1.